The van der Waals surface area contributed by atoms with Crippen molar-refractivity contribution in [1.29, 1.82) is 10.5 Å². The zero-order chi connectivity index (χ0) is 13.7. The van der Waals surface area contributed by atoms with Crippen LogP contribution in [-0.2, 0) is 6.54 Å². The Labute approximate surface area is 112 Å². The van der Waals surface area contributed by atoms with E-state index in [0.29, 0.717) is 36.2 Å². The van der Waals surface area contributed by atoms with Gasteiger partial charge in [0, 0.05) is 6.04 Å². The van der Waals surface area contributed by atoms with Gasteiger partial charge >= 0.3 is 0 Å². The largest absolute Gasteiger partial charge is 0.383 e. The summed E-state index contributed by atoms with van der Waals surface area (Å²) in [4.78, 5) is 0. The lowest BCUT2D eigenvalue weighted by Crippen LogP contribution is -2.23. The maximum Gasteiger partial charge on any atom is 0.168 e. The van der Waals surface area contributed by atoms with Gasteiger partial charge in [0.15, 0.2) is 5.82 Å². The van der Waals surface area contributed by atoms with Crippen molar-refractivity contribution in [1.82, 2.24) is 9.78 Å². The molecule has 0 spiro atoms. The first-order valence-electron chi connectivity index (χ1n) is 6.66. The van der Waals surface area contributed by atoms with E-state index in [2.05, 4.69) is 22.6 Å². The lowest BCUT2D eigenvalue weighted by atomic mass is 9.95. The van der Waals surface area contributed by atoms with Crippen LogP contribution in [0.2, 0.25) is 0 Å². The van der Waals surface area contributed by atoms with E-state index in [0.717, 1.165) is 12.8 Å². The molecule has 0 aromatic carbocycles. The fourth-order valence-electron chi connectivity index (χ4n) is 2.45. The molecule has 0 bridgehead atoms. The van der Waals surface area contributed by atoms with Crippen LogP contribution in [-0.4, -0.2) is 15.8 Å². The normalized spacial score (nSPS) is 15.7. The molecule has 19 heavy (non-hydrogen) atoms. The maximum absolute atomic E-state index is 9.18. The zero-order valence-corrected chi connectivity index (χ0v) is 10.9. The average molecular weight is 258 g/mol. The smallest absolute Gasteiger partial charge is 0.168 e. The summed E-state index contributed by atoms with van der Waals surface area (Å²) in [6.07, 6.45) is 6.25. The van der Waals surface area contributed by atoms with Crippen LogP contribution in [0.3, 0.4) is 0 Å². The van der Waals surface area contributed by atoms with Crippen molar-refractivity contribution in [2.75, 3.05) is 11.1 Å². The van der Waals surface area contributed by atoms with E-state index in [9.17, 15) is 5.26 Å². The van der Waals surface area contributed by atoms with Crippen molar-refractivity contribution in [3.63, 3.8) is 0 Å². The Balaban J connectivity index is 2.15. The minimum absolute atomic E-state index is 0.333. The summed E-state index contributed by atoms with van der Waals surface area (Å²) in [5.41, 5.74) is 6.28. The van der Waals surface area contributed by atoms with E-state index in [1.54, 1.807) is 0 Å². The molecule has 1 aromatic rings. The monoisotopic (exact) mass is 258 g/mol. The number of rotatable bonds is 4. The number of hydrogen-bond acceptors (Lipinski definition) is 5. The van der Waals surface area contributed by atoms with E-state index in [4.69, 9.17) is 11.0 Å². The maximum atomic E-state index is 9.18. The van der Waals surface area contributed by atoms with E-state index < -0.39 is 0 Å². The van der Waals surface area contributed by atoms with Gasteiger partial charge in [0.05, 0.1) is 19.0 Å². The summed E-state index contributed by atoms with van der Waals surface area (Å²) in [5, 5.41) is 25.4. The molecular formula is C13H18N6. The molecule has 0 amide bonds. The van der Waals surface area contributed by atoms with Crippen molar-refractivity contribution in [2.24, 2.45) is 0 Å². The van der Waals surface area contributed by atoms with Crippen molar-refractivity contribution in [3.05, 3.63) is 5.56 Å². The van der Waals surface area contributed by atoms with Gasteiger partial charge in [0.25, 0.3) is 0 Å². The van der Waals surface area contributed by atoms with Gasteiger partial charge in [0.2, 0.25) is 0 Å². The number of nitrogens with one attached hydrogen (secondary N) is 1. The number of hydrogen-bond donors (Lipinski definition) is 2. The average Bonchev–Trinajstić information content (AvgIpc) is 2.73. The van der Waals surface area contributed by atoms with Gasteiger partial charge in [-0.05, 0) is 12.8 Å². The first kappa shape index (κ1) is 13.2. The third kappa shape index (κ3) is 2.97. The van der Waals surface area contributed by atoms with E-state index >= 15 is 0 Å². The van der Waals surface area contributed by atoms with Gasteiger partial charge in [-0.25, -0.2) is 4.68 Å². The minimum Gasteiger partial charge on any atom is -0.383 e. The highest BCUT2D eigenvalue weighted by atomic mass is 15.3. The van der Waals surface area contributed by atoms with Crippen molar-refractivity contribution in [2.45, 2.75) is 51.1 Å². The Morgan fingerprint density at radius 2 is 2.05 bits per heavy atom. The minimum atomic E-state index is 0.333. The molecule has 3 N–H and O–H groups in total. The van der Waals surface area contributed by atoms with Crippen molar-refractivity contribution in [3.8, 4) is 12.1 Å². The van der Waals surface area contributed by atoms with E-state index in [1.165, 1.54) is 23.9 Å². The van der Waals surface area contributed by atoms with Crippen LogP contribution in [0.5, 0.6) is 0 Å². The first-order chi connectivity index (χ1) is 9.26. The lowest BCUT2D eigenvalue weighted by Gasteiger charge is -2.22. The van der Waals surface area contributed by atoms with Crippen LogP contribution in [0, 0.1) is 22.7 Å². The second-order valence-corrected chi connectivity index (χ2v) is 4.83. The van der Waals surface area contributed by atoms with E-state index in [-0.39, 0.29) is 0 Å². The standard InChI is InChI=1S/C13H18N6/c14-7-4-8-19-12(16)11(9-15)13(18-19)17-10-5-2-1-3-6-10/h10H,1-6,8,16H2,(H,17,18). The molecule has 0 unspecified atom stereocenters. The van der Waals surface area contributed by atoms with Crippen LogP contribution >= 0.6 is 0 Å². The molecule has 6 nitrogen and oxygen atoms in total. The highest BCUT2D eigenvalue weighted by molar-refractivity contribution is 5.64. The predicted octanol–water partition coefficient (Wildman–Crippen LogP) is 2.00. The van der Waals surface area contributed by atoms with Crippen LogP contribution in [0.15, 0.2) is 0 Å². The topological polar surface area (TPSA) is 103 Å². The van der Waals surface area contributed by atoms with Gasteiger partial charge in [-0.15, -0.1) is 0 Å². The number of anilines is 2. The third-order valence-corrected chi connectivity index (χ3v) is 3.48. The van der Waals surface area contributed by atoms with Crippen LogP contribution in [0.4, 0.5) is 11.6 Å². The molecule has 6 heteroatoms. The quantitative estimate of drug-likeness (QED) is 0.859. The fourth-order valence-corrected chi connectivity index (χ4v) is 2.45. The summed E-state index contributed by atoms with van der Waals surface area (Å²) in [6, 6.07) is 4.52. The molecule has 0 aliphatic heterocycles. The molecule has 1 aliphatic rings. The van der Waals surface area contributed by atoms with Gasteiger partial charge in [-0.1, -0.05) is 19.3 Å². The summed E-state index contributed by atoms with van der Waals surface area (Å²) in [6.45, 7) is 0.420. The number of nitrogens with two attached hydrogens (primary N) is 1. The molecule has 1 fully saturated rings. The summed E-state index contributed by atoms with van der Waals surface area (Å²) in [5.74, 6) is 0.904. The lowest BCUT2D eigenvalue weighted by molar-refractivity contribution is 0.461. The Hall–Kier alpha value is -2.21. The highest BCUT2D eigenvalue weighted by Gasteiger charge is 2.19. The molecule has 0 radical (unpaired) electrons. The van der Waals surface area contributed by atoms with Gasteiger partial charge in [-0.3, -0.25) is 0 Å². The Kier molecular flexibility index (Phi) is 4.25. The zero-order valence-electron chi connectivity index (χ0n) is 10.9. The second kappa shape index (κ2) is 6.10. The number of aryl methyl sites for hydroxylation is 1. The number of nitrogen functional groups attached to an aromatic ring is 1. The summed E-state index contributed by atoms with van der Waals surface area (Å²) in [7, 11) is 0. The Morgan fingerprint density at radius 1 is 1.32 bits per heavy atom. The van der Waals surface area contributed by atoms with E-state index in [1.807, 2.05) is 0 Å². The number of nitriles is 2. The van der Waals surface area contributed by atoms with Crippen LogP contribution < -0.4 is 11.1 Å². The number of aromatic nitrogens is 2. The number of nitrogens with zero attached hydrogens (tertiary/aromatic N) is 4. The molecule has 2 rings (SSSR count). The fraction of sp³-hybridized carbons (Fsp3) is 0.615. The van der Waals surface area contributed by atoms with Crippen LogP contribution in [0.25, 0.3) is 0 Å². The summed E-state index contributed by atoms with van der Waals surface area (Å²) < 4.78 is 1.53. The predicted molar refractivity (Wildman–Crippen MR) is 72.1 cm³/mol. The Morgan fingerprint density at radius 3 is 2.68 bits per heavy atom. The summed E-state index contributed by atoms with van der Waals surface area (Å²) >= 11 is 0. The van der Waals surface area contributed by atoms with Crippen molar-refractivity contribution < 1.29 is 0 Å². The van der Waals surface area contributed by atoms with Gasteiger partial charge in [0.1, 0.15) is 17.5 Å². The van der Waals surface area contributed by atoms with Gasteiger partial charge in [-0.2, -0.15) is 15.6 Å². The molecule has 1 aliphatic carbocycles. The van der Waals surface area contributed by atoms with Crippen LogP contribution in [0.1, 0.15) is 44.1 Å². The van der Waals surface area contributed by atoms with Crippen molar-refractivity contribution >= 4 is 11.6 Å². The Bertz CT molecular complexity index is 512. The molecule has 100 valence electrons. The molecule has 1 heterocycles. The third-order valence-electron chi connectivity index (χ3n) is 3.48. The molecular weight excluding hydrogens is 240 g/mol. The second-order valence-electron chi connectivity index (χ2n) is 4.83. The first-order valence-corrected chi connectivity index (χ1v) is 6.66. The van der Waals surface area contributed by atoms with Gasteiger partial charge < -0.3 is 11.1 Å². The highest BCUT2D eigenvalue weighted by Crippen LogP contribution is 2.25. The molecule has 1 aromatic heterocycles. The molecule has 0 saturated heterocycles. The molecule has 0 atom stereocenters. The SMILES string of the molecule is N#CCCn1nc(NC2CCCCC2)c(C#N)c1N. The molecule has 1 saturated carbocycles.